The van der Waals surface area contributed by atoms with Gasteiger partial charge in [-0.3, -0.25) is 0 Å². The van der Waals surface area contributed by atoms with Gasteiger partial charge in [-0.1, -0.05) is 52.4 Å². The maximum atomic E-state index is 9.99. The lowest BCUT2D eigenvalue weighted by molar-refractivity contribution is 0.384. The molecule has 0 saturated heterocycles. The van der Waals surface area contributed by atoms with E-state index in [1.807, 2.05) is 0 Å². The SMILES string of the molecule is CCCCCC.O=C=NC1CCCCC1N=C=O. The van der Waals surface area contributed by atoms with Crippen molar-refractivity contribution in [2.75, 3.05) is 0 Å². The van der Waals surface area contributed by atoms with E-state index in [-0.39, 0.29) is 12.1 Å². The molecule has 0 amide bonds. The first-order valence-electron chi connectivity index (χ1n) is 6.94. The van der Waals surface area contributed by atoms with Crippen molar-refractivity contribution in [1.82, 2.24) is 0 Å². The lowest BCUT2D eigenvalue weighted by Crippen LogP contribution is -2.26. The molecule has 102 valence electrons. The summed E-state index contributed by atoms with van der Waals surface area (Å²) in [6, 6.07) is -0.282. The molecule has 1 fully saturated rings. The molecule has 0 radical (unpaired) electrons. The van der Waals surface area contributed by atoms with Gasteiger partial charge >= 0.3 is 0 Å². The second-order valence-electron chi connectivity index (χ2n) is 4.57. The molecule has 0 N–H and O–H groups in total. The fraction of sp³-hybridized carbons (Fsp3) is 0.857. The zero-order valence-electron chi connectivity index (χ0n) is 11.5. The van der Waals surface area contributed by atoms with Gasteiger partial charge in [0.1, 0.15) is 0 Å². The Labute approximate surface area is 110 Å². The van der Waals surface area contributed by atoms with E-state index in [0.29, 0.717) is 0 Å². The monoisotopic (exact) mass is 252 g/mol. The average Bonchev–Trinajstić information content (AvgIpc) is 2.40. The predicted molar refractivity (Wildman–Crippen MR) is 72.1 cm³/mol. The van der Waals surface area contributed by atoms with Crippen LogP contribution in [0.15, 0.2) is 9.98 Å². The third kappa shape index (κ3) is 7.94. The molecule has 1 saturated carbocycles. The summed E-state index contributed by atoms with van der Waals surface area (Å²) in [4.78, 5) is 27.2. The highest BCUT2D eigenvalue weighted by atomic mass is 16.1. The first-order chi connectivity index (χ1) is 8.79. The van der Waals surface area contributed by atoms with Gasteiger partial charge < -0.3 is 0 Å². The maximum Gasteiger partial charge on any atom is 0.235 e. The Morgan fingerprint density at radius 1 is 0.889 bits per heavy atom. The fourth-order valence-electron chi connectivity index (χ4n) is 2.03. The molecule has 2 unspecified atom stereocenters. The van der Waals surface area contributed by atoms with Gasteiger partial charge in [0, 0.05) is 0 Å². The summed E-state index contributed by atoms with van der Waals surface area (Å²) in [5.74, 6) is 0. The summed E-state index contributed by atoms with van der Waals surface area (Å²) in [6.07, 6.45) is 12.3. The number of rotatable bonds is 5. The van der Waals surface area contributed by atoms with Crippen LogP contribution in [-0.4, -0.2) is 24.2 Å². The van der Waals surface area contributed by atoms with Gasteiger partial charge in [-0.15, -0.1) is 0 Å². The maximum absolute atomic E-state index is 9.99. The Kier molecular flexibility index (Phi) is 11.4. The van der Waals surface area contributed by atoms with Crippen molar-refractivity contribution < 1.29 is 9.59 Å². The molecular weight excluding hydrogens is 228 g/mol. The Morgan fingerprint density at radius 2 is 1.28 bits per heavy atom. The quantitative estimate of drug-likeness (QED) is 0.427. The largest absolute Gasteiger partial charge is 0.235 e. The van der Waals surface area contributed by atoms with Crippen LogP contribution in [0.5, 0.6) is 0 Å². The van der Waals surface area contributed by atoms with Crippen LogP contribution in [0, 0.1) is 0 Å². The van der Waals surface area contributed by atoms with Gasteiger partial charge in [0.2, 0.25) is 12.2 Å². The van der Waals surface area contributed by atoms with Gasteiger partial charge in [-0.2, -0.15) is 0 Å². The first-order valence-corrected chi connectivity index (χ1v) is 6.94. The lowest BCUT2D eigenvalue weighted by atomic mass is 9.91. The summed E-state index contributed by atoms with van der Waals surface area (Å²) in [5, 5.41) is 0. The molecule has 1 aliphatic rings. The third-order valence-electron chi connectivity index (χ3n) is 3.09. The minimum absolute atomic E-state index is 0.141. The standard InChI is InChI=1S/C8H10N2O2.C6H14/c11-5-9-7-3-1-2-4-8(7)10-6-12;1-3-5-6-4-2/h7-8H,1-4H2;3-6H2,1-2H3. The number of carbonyl (C=O) groups excluding carboxylic acids is 2. The highest BCUT2D eigenvalue weighted by molar-refractivity contribution is 5.36. The van der Waals surface area contributed by atoms with E-state index in [4.69, 9.17) is 0 Å². The highest BCUT2D eigenvalue weighted by Gasteiger charge is 2.23. The highest BCUT2D eigenvalue weighted by Crippen LogP contribution is 2.22. The minimum atomic E-state index is -0.141. The number of hydrogen-bond acceptors (Lipinski definition) is 4. The lowest BCUT2D eigenvalue weighted by Gasteiger charge is -2.22. The molecule has 0 aromatic rings. The summed E-state index contributed by atoms with van der Waals surface area (Å²) >= 11 is 0. The van der Waals surface area contributed by atoms with Gasteiger partial charge in [-0.25, -0.2) is 19.6 Å². The molecule has 0 aliphatic heterocycles. The second kappa shape index (κ2) is 12.2. The normalized spacial score (nSPS) is 21.9. The number of isocyanates is 2. The summed E-state index contributed by atoms with van der Waals surface area (Å²) < 4.78 is 0. The summed E-state index contributed by atoms with van der Waals surface area (Å²) in [5.41, 5.74) is 0. The van der Waals surface area contributed by atoms with Gasteiger partial charge in [-0.05, 0) is 12.8 Å². The van der Waals surface area contributed by atoms with E-state index >= 15 is 0 Å². The van der Waals surface area contributed by atoms with Crippen LogP contribution in [0.2, 0.25) is 0 Å². The van der Waals surface area contributed by atoms with Crippen LogP contribution < -0.4 is 0 Å². The van der Waals surface area contributed by atoms with E-state index in [1.165, 1.54) is 37.8 Å². The smallest absolute Gasteiger partial charge is 0.211 e. The van der Waals surface area contributed by atoms with Crippen molar-refractivity contribution in [3.05, 3.63) is 0 Å². The van der Waals surface area contributed by atoms with Gasteiger partial charge in [0.15, 0.2) is 0 Å². The van der Waals surface area contributed by atoms with Crippen LogP contribution in [0.3, 0.4) is 0 Å². The van der Waals surface area contributed by atoms with Gasteiger partial charge in [0.25, 0.3) is 0 Å². The molecule has 4 heteroatoms. The van der Waals surface area contributed by atoms with Crippen molar-refractivity contribution in [1.29, 1.82) is 0 Å². The Morgan fingerprint density at radius 3 is 1.56 bits per heavy atom. The molecule has 0 aromatic carbocycles. The van der Waals surface area contributed by atoms with E-state index < -0.39 is 0 Å². The number of unbranched alkanes of at least 4 members (excludes halogenated alkanes) is 3. The summed E-state index contributed by atoms with van der Waals surface area (Å²) in [7, 11) is 0. The predicted octanol–water partition coefficient (Wildman–Crippen LogP) is 3.56. The van der Waals surface area contributed by atoms with Crippen LogP contribution in [-0.2, 0) is 9.59 Å². The topological polar surface area (TPSA) is 58.9 Å². The molecule has 0 aromatic heterocycles. The molecule has 1 aliphatic carbocycles. The number of hydrogen-bond donors (Lipinski definition) is 0. The molecule has 18 heavy (non-hydrogen) atoms. The van der Waals surface area contributed by atoms with E-state index in [9.17, 15) is 9.59 Å². The summed E-state index contributed by atoms with van der Waals surface area (Å²) in [6.45, 7) is 4.46. The third-order valence-corrected chi connectivity index (χ3v) is 3.09. The Balaban J connectivity index is 0.000000411. The van der Waals surface area contributed by atoms with E-state index in [1.54, 1.807) is 0 Å². The van der Waals surface area contributed by atoms with Crippen LogP contribution in [0.25, 0.3) is 0 Å². The molecule has 0 bridgehead atoms. The number of nitrogens with zero attached hydrogens (tertiary/aromatic N) is 2. The fourth-order valence-corrected chi connectivity index (χ4v) is 2.03. The molecule has 0 heterocycles. The van der Waals surface area contributed by atoms with Crippen molar-refractivity contribution in [3.8, 4) is 0 Å². The zero-order valence-corrected chi connectivity index (χ0v) is 11.5. The average molecular weight is 252 g/mol. The van der Waals surface area contributed by atoms with Crippen molar-refractivity contribution in [2.24, 2.45) is 9.98 Å². The molecule has 2 atom stereocenters. The van der Waals surface area contributed by atoms with Crippen LogP contribution in [0.4, 0.5) is 0 Å². The van der Waals surface area contributed by atoms with Crippen molar-refractivity contribution >= 4 is 12.2 Å². The Bertz CT molecular complexity index is 262. The second-order valence-corrected chi connectivity index (χ2v) is 4.57. The minimum Gasteiger partial charge on any atom is -0.211 e. The molecule has 4 nitrogen and oxygen atoms in total. The van der Waals surface area contributed by atoms with Gasteiger partial charge in [0.05, 0.1) is 12.1 Å². The number of aliphatic imine (C=N–C) groups is 2. The molecule has 1 rings (SSSR count). The van der Waals surface area contributed by atoms with E-state index in [2.05, 4.69) is 23.8 Å². The van der Waals surface area contributed by atoms with Crippen LogP contribution >= 0.6 is 0 Å². The van der Waals surface area contributed by atoms with Crippen molar-refractivity contribution in [2.45, 2.75) is 77.3 Å². The van der Waals surface area contributed by atoms with Crippen LogP contribution in [0.1, 0.15) is 65.2 Å². The van der Waals surface area contributed by atoms with E-state index in [0.717, 1.165) is 25.7 Å². The molecular formula is C14H24N2O2. The first kappa shape index (κ1) is 16.8. The van der Waals surface area contributed by atoms with Crippen molar-refractivity contribution in [3.63, 3.8) is 0 Å². The zero-order chi connectivity index (χ0) is 13.6. The molecule has 0 spiro atoms. The Hall–Kier alpha value is -1.24.